The van der Waals surface area contributed by atoms with Crippen molar-refractivity contribution in [3.05, 3.63) is 23.2 Å². The standard InChI is InChI=1S/C9H10ClNO/c10-7-2-3-8-9(6-7)12-5-1-4-11-8/h2-3,6,11H,1,4-5H2. The van der Waals surface area contributed by atoms with Gasteiger partial charge < -0.3 is 10.1 Å². The summed E-state index contributed by atoms with van der Waals surface area (Å²) < 4.78 is 5.48. The van der Waals surface area contributed by atoms with Gasteiger partial charge in [0.25, 0.3) is 0 Å². The van der Waals surface area contributed by atoms with Crippen LogP contribution in [0.3, 0.4) is 0 Å². The van der Waals surface area contributed by atoms with E-state index in [4.69, 9.17) is 16.3 Å². The molecule has 2 nitrogen and oxygen atoms in total. The van der Waals surface area contributed by atoms with Crippen LogP contribution in [-0.4, -0.2) is 13.2 Å². The molecule has 1 N–H and O–H groups in total. The molecule has 1 heterocycles. The number of fused-ring (bicyclic) bond motifs is 1. The van der Waals surface area contributed by atoms with E-state index in [0.29, 0.717) is 0 Å². The number of hydrogen-bond donors (Lipinski definition) is 1. The van der Waals surface area contributed by atoms with Crippen LogP contribution >= 0.6 is 11.6 Å². The Bertz CT molecular complexity index is 288. The highest BCUT2D eigenvalue weighted by molar-refractivity contribution is 6.30. The van der Waals surface area contributed by atoms with E-state index in [2.05, 4.69) is 5.32 Å². The minimum absolute atomic E-state index is 0.720. The fourth-order valence-corrected chi connectivity index (χ4v) is 1.40. The molecular formula is C9H10ClNO. The minimum Gasteiger partial charge on any atom is -0.491 e. The number of halogens is 1. The predicted molar refractivity (Wildman–Crippen MR) is 50.1 cm³/mol. The minimum atomic E-state index is 0.720. The topological polar surface area (TPSA) is 21.3 Å². The van der Waals surface area contributed by atoms with Crippen molar-refractivity contribution in [1.29, 1.82) is 0 Å². The second-order valence-corrected chi connectivity index (χ2v) is 3.21. The Kier molecular flexibility index (Phi) is 2.09. The largest absolute Gasteiger partial charge is 0.491 e. The molecule has 1 aliphatic rings. The van der Waals surface area contributed by atoms with Gasteiger partial charge in [-0.15, -0.1) is 0 Å². The van der Waals surface area contributed by atoms with Gasteiger partial charge in [0, 0.05) is 17.6 Å². The molecule has 64 valence electrons. The monoisotopic (exact) mass is 183 g/mol. The van der Waals surface area contributed by atoms with Gasteiger partial charge in [0.2, 0.25) is 0 Å². The van der Waals surface area contributed by atoms with Crippen molar-refractivity contribution in [2.75, 3.05) is 18.5 Å². The highest BCUT2D eigenvalue weighted by Crippen LogP contribution is 2.29. The summed E-state index contributed by atoms with van der Waals surface area (Å²) in [5.41, 5.74) is 1.04. The molecule has 0 fully saturated rings. The first-order valence-corrected chi connectivity index (χ1v) is 4.40. The van der Waals surface area contributed by atoms with Crippen LogP contribution in [0.25, 0.3) is 0 Å². The average Bonchev–Trinajstić information content (AvgIpc) is 2.28. The van der Waals surface area contributed by atoms with Gasteiger partial charge in [0.1, 0.15) is 5.75 Å². The molecule has 0 atom stereocenters. The zero-order valence-corrected chi connectivity index (χ0v) is 7.40. The van der Waals surface area contributed by atoms with Crippen molar-refractivity contribution in [3.8, 4) is 5.75 Å². The maximum Gasteiger partial charge on any atom is 0.143 e. The lowest BCUT2D eigenvalue weighted by molar-refractivity contribution is 0.323. The first kappa shape index (κ1) is 7.74. The van der Waals surface area contributed by atoms with Crippen LogP contribution in [0, 0.1) is 0 Å². The van der Waals surface area contributed by atoms with Gasteiger partial charge in [-0.05, 0) is 18.6 Å². The van der Waals surface area contributed by atoms with Crippen molar-refractivity contribution in [2.24, 2.45) is 0 Å². The zero-order chi connectivity index (χ0) is 8.39. The molecule has 1 aromatic rings. The maximum absolute atomic E-state index is 5.82. The highest BCUT2D eigenvalue weighted by Gasteiger charge is 2.07. The number of ether oxygens (including phenoxy) is 1. The van der Waals surface area contributed by atoms with Gasteiger partial charge in [-0.25, -0.2) is 0 Å². The predicted octanol–water partition coefficient (Wildman–Crippen LogP) is 2.53. The third-order valence-corrected chi connectivity index (χ3v) is 2.07. The van der Waals surface area contributed by atoms with E-state index in [-0.39, 0.29) is 0 Å². The first-order valence-electron chi connectivity index (χ1n) is 4.02. The van der Waals surface area contributed by atoms with Crippen LogP contribution in [0.15, 0.2) is 18.2 Å². The quantitative estimate of drug-likeness (QED) is 0.668. The molecule has 1 aliphatic heterocycles. The molecule has 0 aromatic heterocycles. The number of rotatable bonds is 0. The van der Waals surface area contributed by atoms with Crippen molar-refractivity contribution in [1.82, 2.24) is 0 Å². The van der Waals surface area contributed by atoms with E-state index >= 15 is 0 Å². The van der Waals surface area contributed by atoms with Gasteiger partial charge in [-0.3, -0.25) is 0 Å². The second-order valence-electron chi connectivity index (χ2n) is 2.77. The third-order valence-electron chi connectivity index (χ3n) is 1.84. The third kappa shape index (κ3) is 1.48. The molecule has 0 amide bonds. The van der Waals surface area contributed by atoms with E-state index in [1.54, 1.807) is 0 Å². The SMILES string of the molecule is Clc1ccc2c(c1)OCCCN2. The summed E-state index contributed by atoms with van der Waals surface area (Å²) in [6.45, 7) is 1.73. The lowest BCUT2D eigenvalue weighted by Gasteiger charge is -2.06. The van der Waals surface area contributed by atoms with Gasteiger partial charge in [0.15, 0.2) is 0 Å². The molecule has 0 unspecified atom stereocenters. The van der Waals surface area contributed by atoms with Crippen molar-refractivity contribution < 1.29 is 4.74 Å². The Morgan fingerprint density at radius 2 is 2.33 bits per heavy atom. The van der Waals surface area contributed by atoms with Gasteiger partial charge in [-0.1, -0.05) is 11.6 Å². The molecule has 0 spiro atoms. The fourth-order valence-electron chi connectivity index (χ4n) is 1.24. The van der Waals surface area contributed by atoms with Gasteiger partial charge in [0.05, 0.1) is 12.3 Å². The van der Waals surface area contributed by atoms with Crippen molar-refractivity contribution in [3.63, 3.8) is 0 Å². The summed E-state index contributed by atoms with van der Waals surface area (Å²) in [4.78, 5) is 0. The number of hydrogen-bond acceptors (Lipinski definition) is 2. The van der Waals surface area contributed by atoms with Crippen molar-refractivity contribution in [2.45, 2.75) is 6.42 Å². The molecule has 0 bridgehead atoms. The van der Waals surface area contributed by atoms with E-state index in [9.17, 15) is 0 Å². The number of nitrogens with one attached hydrogen (secondary N) is 1. The molecule has 12 heavy (non-hydrogen) atoms. The van der Waals surface area contributed by atoms with E-state index in [1.807, 2.05) is 18.2 Å². The van der Waals surface area contributed by atoms with Crippen LogP contribution in [0.4, 0.5) is 5.69 Å². The summed E-state index contributed by atoms with van der Waals surface area (Å²) in [6.07, 6.45) is 1.03. The van der Waals surface area contributed by atoms with Crippen molar-refractivity contribution >= 4 is 17.3 Å². The highest BCUT2D eigenvalue weighted by atomic mass is 35.5. The Morgan fingerprint density at radius 1 is 1.42 bits per heavy atom. The van der Waals surface area contributed by atoms with Gasteiger partial charge >= 0.3 is 0 Å². The lowest BCUT2D eigenvalue weighted by Crippen LogP contribution is -1.99. The summed E-state index contributed by atoms with van der Waals surface area (Å²) in [5, 5.41) is 3.99. The number of benzene rings is 1. The number of anilines is 1. The van der Waals surface area contributed by atoms with Crippen LogP contribution < -0.4 is 10.1 Å². The molecule has 0 radical (unpaired) electrons. The normalized spacial score (nSPS) is 15.4. The van der Waals surface area contributed by atoms with E-state index in [0.717, 1.165) is 36.0 Å². The Morgan fingerprint density at radius 3 is 3.25 bits per heavy atom. The zero-order valence-electron chi connectivity index (χ0n) is 6.64. The summed E-state index contributed by atoms with van der Waals surface area (Å²) in [6, 6.07) is 5.65. The maximum atomic E-state index is 5.82. The molecule has 1 aromatic carbocycles. The Balaban J connectivity index is 2.36. The van der Waals surface area contributed by atoms with Crippen LogP contribution in [0.5, 0.6) is 5.75 Å². The van der Waals surface area contributed by atoms with Crippen LogP contribution in [-0.2, 0) is 0 Å². The summed E-state index contributed by atoms with van der Waals surface area (Å²) in [5.74, 6) is 0.861. The smallest absolute Gasteiger partial charge is 0.143 e. The van der Waals surface area contributed by atoms with E-state index < -0.39 is 0 Å². The van der Waals surface area contributed by atoms with Crippen LogP contribution in [0.2, 0.25) is 5.02 Å². The molecule has 3 heteroatoms. The van der Waals surface area contributed by atoms with Gasteiger partial charge in [-0.2, -0.15) is 0 Å². The van der Waals surface area contributed by atoms with Crippen LogP contribution in [0.1, 0.15) is 6.42 Å². The fraction of sp³-hybridized carbons (Fsp3) is 0.333. The molecule has 0 aliphatic carbocycles. The molecule has 0 saturated heterocycles. The van der Waals surface area contributed by atoms with E-state index in [1.165, 1.54) is 0 Å². The lowest BCUT2D eigenvalue weighted by atomic mass is 10.3. The average molecular weight is 184 g/mol. The molecule has 0 saturated carbocycles. The Hall–Kier alpha value is -0.890. The first-order chi connectivity index (χ1) is 5.86. The molecule has 2 rings (SSSR count). The molecular weight excluding hydrogens is 174 g/mol. The summed E-state index contributed by atoms with van der Waals surface area (Å²) >= 11 is 5.82. The summed E-state index contributed by atoms with van der Waals surface area (Å²) in [7, 11) is 0. The second kappa shape index (κ2) is 3.23. The Labute approximate surface area is 76.5 Å².